The maximum absolute atomic E-state index is 12.1. The second-order valence-electron chi connectivity index (χ2n) is 4.20. The van der Waals surface area contributed by atoms with Crippen LogP contribution in [-0.2, 0) is 4.74 Å². The zero-order valence-electron chi connectivity index (χ0n) is 10.2. The van der Waals surface area contributed by atoms with E-state index in [2.05, 4.69) is 16.9 Å². The third kappa shape index (κ3) is 2.79. The van der Waals surface area contributed by atoms with Gasteiger partial charge in [-0.2, -0.15) is 0 Å². The van der Waals surface area contributed by atoms with E-state index >= 15 is 0 Å². The molecule has 0 radical (unpaired) electrons. The minimum absolute atomic E-state index is 0.0562. The number of amides is 1. The molecule has 1 unspecified atom stereocenters. The summed E-state index contributed by atoms with van der Waals surface area (Å²) in [6.07, 6.45) is 4.22. The Morgan fingerprint density at radius 1 is 1.53 bits per heavy atom. The molecule has 0 bridgehead atoms. The van der Waals surface area contributed by atoms with Gasteiger partial charge in [-0.05, 0) is 13.3 Å². The van der Waals surface area contributed by atoms with E-state index in [0.717, 1.165) is 12.1 Å². The lowest BCUT2D eigenvalue weighted by Gasteiger charge is -2.32. The Morgan fingerprint density at radius 2 is 2.35 bits per heavy atom. The molecule has 2 rings (SSSR count). The van der Waals surface area contributed by atoms with E-state index in [9.17, 15) is 4.79 Å². The van der Waals surface area contributed by atoms with Crippen LogP contribution in [0.3, 0.4) is 0 Å². The summed E-state index contributed by atoms with van der Waals surface area (Å²) in [5.74, 6) is -0.0562. The third-order valence-corrected chi connectivity index (χ3v) is 2.88. The fraction of sp³-hybridized carbons (Fsp3) is 0.583. The molecule has 1 saturated heterocycles. The van der Waals surface area contributed by atoms with Crippen LogP contribution in [0.1, 0.15) is 29.5 Å². The smallest absolute Gasteiger partial charge is 0.274 e. The molecule has 17 heavy (non-hydrogen) atoms. The van der Waals surface area contributed by atoms with Crippen LogP contribution in [0.25, 0.3) is 0 Å². The molecule has 1 atom stereocenters. The highest BCUT2D eigenvalue weighted by Crippen LogP contribution is 2.11. The highest BCUT2D eigenvalue weighted by molar-refractivity contribution is 5.92. The van der Waals surface area contributed by atoms with Crippen LogP contribution >= 0.6 is 0 Å². The first kappa shape index (κ1) is 12.0. The van der Waals surface area contributed by atoms with Gasteiger partial charge in [0.05, 0.1) is 24.6 Å². The molecule has 1 fully saturated rings. The molecule has 1 aromatic rings. The number of carbonyl (C=O) groups is 1. The molecule has 0 saturated carbocycles. The number of nitrogens with zero attached hydrogens (tertiary/aromatic N) is 3. The van der Waals surface area contributed by atoms with Gasteiger partial charge >= 0.3 is 0 Å². The van der Waals surface area contributed by atoms with E-state index in [1.54, 1.807) is 11.1 Å². The maximum atomic E-state index is 12.1. The van der Waals surface area contributed by atoms with Crippen LogP contribution in [0, 0.1) is 6.92 Å². The number of aryl methyl sites for hydroxylation is 1. The molecule has 0 spiro atoms. The lowest BCUT2D eigenvalue weighted by molar-refractivity contribution is -0.0228. The van der Waals surface area contributed by atoms with Crippen LogP contribution in [0.2, 0.25) is 0 Å². The van der Waals surface area contributed by atoms with Gasteiger partial charge in [0, 0.05) is 19.3 Å². The Morgan fingerprint density at radius 3 is 3.00 bits per heavy atom. The summed E-state index contributed by atoms with van der Waals surface area (Å²) >= 11 is 0. The highest BCUT2D eigenvalue weighted by Gasteiger charge is 2.24. The molecule has 1 amide bonds. The van der Waals surface area contributed by atoms with Crippen LogP contribution in [-0.4, -0.2) is 46.6 Å². The molecule has 5 nitrogen and oxygen atoms in total. The number of morpholine rings is 1. The Labute approximate surface area is 101 Å². The van der Waals surface area contributed by atoms with Crippen LogP contribution in [0.4, 0.5) is 0 Å². The first-order chi connectivity index (χ1) is 8.20. The van der Waals surface area contributed by atoms with Crippen molar-refractivity contribution in [2.75, 3.05) is 19.7 Å². The summed E-state index contributed by atoms with van der Waals surface area (Å²) in [6, 6.07) is 0. The van der Waals surface area contributed by atoms with Gasteiger partial charge in [-0.1, -0.05) is 6.92 Å². The van der Waals surface area contributed by atoms with Gasteiger partial charge in [-0.25, -0.2) is 4.98 Å². The minimum Gasteiger partial charge on any atom is -0.375 e. The van der Waals surface area contributed by atoms with Crippen molar-refractivity contribution in [2.24, 2.45) is 0 Å². The minimum atomic E-state index is -0.0562. The van der Waals surface area contributed by atoms with Crippen LogP contribution in [0.15, 0.2) is 12.4 Å². The first-order valence-corrected chi connectivity index (χ1v) is 5.90. The summed E-state index contributed by atoms with van der Waals surface area (Å²) in [5, 5.41) is 0. The van der Waals surface area contributed by atoms with E-state index < -0.39 is 0 Å². The Bertz CT molecular complexity index is 391. The van der Waals surface area contributed by atoms with Gasteiger partial charge in [-0.15, -0.1) is 0 Å². The van der Waals surface area contributed by atoms with E-state index in [4.69, 9.17) is 4.74 Å². The van der Waals surface area contributed by atoms with Crippen molar-refractivity contribution in [3.8, 4) is 0 Å². The molecular weight excluding hydrogens is 218 g/mol. The molecule has 5 heteroatoms. The van der Waals surface area contributed by atoms with Gasteiger partial charge in [0.15, 0.2) is 0 Å². The standard InChI is InChI=1S/C12H17N3O2/c1-3-10-8-15(4-5-17-10)12(16)11-7-13-9(2)6-14-11/h6-7,10H,3-5,8H2,1-2H3. The molecule has 2 heterocycles. The topological polar surface area (TPSA) is 55.3 Å². The van der Waals surface area contributed by atoms with Crippen molar-refractivity contribution >= 4 is 5.91 Å². The SMILES string of the molecule is CCC1CN(C(=O)c2cnc(C)cn2)CCO1. The van der Waals surface area contributed by atoms with E-state index in [1.807, 2.05) is 6.92 Å². The maximum Gasteiger partial charge on any atom is 0.274 e. The molecular formula is C12H17N3O2. The van der Waals surface area contributed by atoms with Gasteiger partial charge in [0.25, 0.3) is 5.91 Å². The molecule has 0 aliphatic carbocycles. The van der Waals surface area contributed by atoms with Crippen molar-refractivity contribution < 1.29 is 9.53 Å². The fourth-order valence-electron chi connectivity index (χ4n) is 1.82. The largest absolute Gasteiger partial charge is 0.375 e. The molecule has 1 aromatic heterocycles. The lowest BCUT2D eigenvalue weighted by atomic mass is 10.2. The van der Waals surface area contributed by atoms with Gasteiger partial charge in [0.2, 0.25) is 0 Å². The predicted molar refractivity (Wildman–Crippen MR) is 62.7 cm³/mol. The third-order valence-electron chi connectivity index (χ3n) is 2.88. The van der Waals surface area contributed by atoms with Crippen molar-refractivity contribution in [1.82, 2.24) is 14.9 Å². The molecule has 0 N–H and O–H groups in total. The quantitative estimate of drug-likeness (QED) is 0.768. The number of hydrogen-bond donors (Lipinski definition) is 0. The second-order valence-corrected chi connectivity index (χ2v) is 4.20. The highest BCUT2D eigenvalue weighted by atomic mass is 16.5. The second kappa shape index (κ2) is 5.23. The van der Waals surface area contributed by atoms with Gasteiger partial charge < -0.3 is 9.64 Å². The van der Waals surface area contributed by atoms with Crippen LogP contribution < -0.4 is 0 Å². The van der Waals surface area contributed by atoms with Gasteiger partial charge in [0.1, 0.15) is 5.69 Å². The number of aromatic nitrogens is 2. The summed E-state index contributed by atoms with van der Waals surface area (Å²) in [6.45, 7) is 5.78. The van der Waals surface area contributed by atoms with Crippen molar-refractivity contribution in [2.45, 2.75) is 26.4 Å². The van der Waals surface area contributed by atoms with Crippen molar-refractivity contribution in [3.63, 3.8) is 0 Å². The zero-order chi connectivity index (χ0) is 12.3. The Hall–Kier alpha value is -1.49. The van der Waals surface area contributed by atoms with Gasteiger partial charge in [-0.3, -0.25) is 9.78 Å². The monoisotopic (exact) mass is 235 g/mol. The molecule has 1 aliphatic heterocycles. The fourth-order valence-corrected chi connectivity index (χ4v) is 1.82. The van der Waals surface area contributed by atoms with E-state index in [-0.39, 0.29) is 12.0 Å². The number of carbonyl (C=O) groups excluding carboxylic acids is 1. The average molecular weight is 235 g/mol. The summed E-state index contributed by atoms with van der Waals surface area (Å²) in [5.41, 5.74) is 1.22. The summed E-state index contributed by atoms with van der Waals surface area (Å²) in [4.78, 5) is 22.1. The van der Waals surface area contributed by atoms with Crippen molar-refractivity contribution in [1.29, 1.82) is 0 Å². The molecule has 1 aliphatic rings. The Kier molecular flexibility index (Phi) is 3.68. The predicted octanol–water partition coefficient (Wildman–Crippen LogP) is 1.04. The number of ether oxygens (including phenoxy) is 1. The summed E-state index contributed by atoms with van der Waals surface area (Å²) < 4.78 is 5.53. The van der Waals surface area contributed by atoms with E-state index in [1.165, 1.54) is 6.20 Å². The van der Waals surface area contributed by atoms with Crippen LogP contribution in [0.5, 0.6) is 0 Å². The lowest BCUT2D eigenvalue weighted by Crippen LogP contribution is -2.45. The Balaban J connectivity index is 2.06. The first-order valence-electron chi connectivity index (χ1n) is 5.90. The van der Waals surface area contributed by atoms with E-state index in [0.29, 0.717) is 25.4 Å². The normalized spacial score (nSPS) is 20.4. The molecule has 92 valence electrons. The average Bonchev–Trinajstić information content (AvgIpc) is 2.39. The summed E-state index contributed by atoms with van der Waals surface area (Å²) in [7, 11) is 0. The molecule has 0 aromatic carbocycles. The zero-order valence-corrected chi connectivity index (χ0v) is 10.2. The number of rotatable bonds is 2. The van der Waals surface area contributed by atoms with Crippen molar-refractivity contribution in [3.05, 3.63) is 23.8 Å². The number of hydrogen-bond acceptors (Lipinski definition) is 4.